The van der Waals surface area contributed by atoms with Crippen molar-refractivity contribution in [1.82, 2.24) is 19.9 Å². The first-order chi connectivity index (χ1) is 15.9. The van der Waals surface area contributed by atoms with E-state index in [2.05, 4.69) is 25.3 Å². The number of methoxy groups -OCH3 is 1. The summed E-state index contributed by atoms with van der Waals surface area (Å²) in [6.07, 6.45) is 3.13. The van der Waals surface area contributed by atoms with Gasteiger partial charge in [0.15, 0.2) is 11.5 Å². The lowest BCUT2D eigenvalue weighted by Crippen LogP contribution is -2.25. The monoisotopic (exact) mass is 468 g/mol. The number of halogens is 2. The maximum atomic E-state index is 14.2. The molecule has 33 heavy (non-hydrogen) atoms. The fourth-order valence-corrected chi connectivity index (χ4v) is 3.33. The average Bonchev–Trinajstić information content (AvgIpc) is 2.80. The van der Waals surface area contributed by atoms with E-state index in [1.807, 2.05) is 24.9 Å². The molecular formula is C23H22ClFN6O2. The van der Waals surface area contributed by atoms with Crippen LogP contribution in [0, 0.1) is 12.7 Å². The highest BCUT2D eigenvalue weighted by molar-refractivity contribution is 6.30. The molecule has 0 bridgehead atoms. The zero-order valence-corrected chi connectivity index (χ0v) is 19.1. The van der Waals surface area contributed by atoms with Gasteiger partial charge in [-0.3, -0.25) is 0 Å². The SMILES string of the molecule is COc1cc2c(Nc3ccc(Cl)cc3F)ncnc2cc1OCCN(C)c1nccc(C)n1. The number of hydrogen-bond acceptors (Lipinski definition) is 8. The van der Waals surface area contributed by atoms with Crippen LogP contribution < -0.4 is 19.7 Å². The van der Waals surface area contributed by atoms with Crippen molar-refractivity contribution in [3.05, 3.63) is 65.5 Å². The van der Waals surface area contributed by atoms with E-state index in [-0.39, 0.29) is 5.69 Å². The zero-order valence-electron chi connectivity index (χ0n) is 18.3. The van der Waals surface area contributed by atoms with Crippen molar-refractivity contribution in [2.45, 2.75) is 6.92 Å². The first-order valence-corrected chi connectivity index (χ1v) is 10.5. The fourth-order valence-electron chi connectivity index (χ4n) is 3.17. The van der Waals surface area contributed by atoms with Gasteiger partial charge < -0.3 is 19.7 Å². The predicted molar refractivity (Wildman–Crippen MR) is 126 cm³/mol. The Morgan fingerprint density at radius 1 is 1.09 bits per heavy atom. The van der Waals surface area contributed by atoms with E-state index >= 15 is 0 Å². The van der Waals surface area contributed by atoms with Gasteiger partial charge in [-0.15, -0.1) is 0 Å². The lowest BCUT2D eigenvalue weighted by molar-refractivity contribution is 0.301. The van der Waals surface area contributed by atoms with Crippen LogP contribution in [0.1, 0.15) is 5.69 Å². The summed E-state index contributed by atoms with van der Waals surface area (Å²) in [5.74, 6) is 1.62. The topological polar surface area (TPSA) is 85.3 Å². The van der Waals surface area contributed by atoms with Gasteiger partial charge in [0.1, 0.15) is 24.6 Å². The molecule has 4 aromatic rings. The molecule has 1 N–H and O–H groups in total. The maximum absolute atomic E-state index is 14.2. The third-order valence-corrected chi connectivity index (χ3v) is 5.15. The number of likely N-dealkylation sites (N-methyl/N-ethyl adjacent to an activating group) is 1. The summed E-state index contributed by atoms with van der Waals surface area (Å²) in [5.41, 5.74) is 1.76. The van der Waals surface area contributed by atoms with Crippen LogP contribution in [0.5, 0.6) is 11.5 Å². The molecule has 0 aliphatic heterocycles. The third-order valence-electron chi connectivity index (χ3n) is 4.91. The number of nitrogens with one attached hydrogen (secondary N) is 1. The summed E-state index contributed by atoms with van der Waals surface area (Å²) >= 11 is 5.84. The number of aryl methyl sites for hydroxylation is 1. The van der Waals surface area contributed by atoms with Crippen LogP contribution in [0.15, 0.2) is 48.9 Å². The highest BCUT2D eigenvalue weighted by atomic mass is 35.5. The average molecular weight is 469 g/mol. The predicted octanol–water partition coefficient (Wildman–Crippen LogP) is 4.79. The van der Waals surface area contributed by atoms with E-state index in [1.54, 1.807) is 37.6 Å². The number of anilines is 3. The second-order valence-corrected chi connectivity index (χ2v) is 7.70. The lowest BCUT2D eigenvalue weighted by Gasteiger charge is -2.18. The molecule has 0 unspecified atom stereocenters. The van der Waals surface area contributed by atoms with Gasteiger partial charge in [0.05, 0.1) is 24.9 Å². The van der Waals surface area contributed by atoms with Crippen LogP contribution in [-0.2, 0) is 0 Å². The first-order valence-electron chi connectivity index (χ1n) is 10.1. The molecule has 170 valence electrons. The molecule has 0 saturated heterocycles. The molecule has 2 heterocycles. The summed E-state index contributed by atoms with van der Waals surface area (Å²) in [6.45, 7) is 2.86. The zero-order chi connectivity index (χ0) is 23.4. The Hall–Kier alpha value is -3.72. The standard InChI is InChI=1S/C23H22ClFN6O2/c1-14-6-7-26-23(29-14)31(2)8-9-33-21-12-19-16(11-20(21)32-3)22(28-13-27-19)30-18-5-4-15(24)10-17(18)25/h4-7,10-13H,8-9H2,1-3H3,(H,27,28,30). The molecule has 0 aliphatic carbocycles. The maximum Gasteiger partial charge on any atom is 0.225 e. The van der Waals surface area contributed by atoms with Crippen LogP contribution in [0.4, 0.5) is 21.8 Å². The molecule has 0 amide bonds. The second-order valence-electron chi connectivity index (χ2n) is 7.26. The number of ether oxygens (including phenoxy) is 2. The van der Waals surface area contributed by atoms with Crippen molar-refractivity contribution in [2.24, 2.45) is 0 Å². The Kier molecular flexibility index (Phi) is 6.69. The van der Waals surface area contributed by atoms with E-state index in [0.29, 0.717) is 52.3 Å². The minimum absolute atomic E-state index is 0.250. The second kappa shape index (κ2) is 9.83. The van der Waals surface area contributed by atoms with Crippen molar-refractivity contribution in [2.75, 3.05) is 37.5 Å². The van der Waals surface area contributed by atoms with E-state index in [0.717, 1.165) is 5.69 Å². The van der Waals surface area contributed by atoms with E-state index in [1.165, 1.54) is 12.4 Å². The molecular weight excluding hydrogens is 447 g/mol. The quantitative estimate of drug-likeness (QED) is 0.395. The largest absolute Gasteiger partial charge is 0.493 e. The first kappa shape index (κ1) is 22.5. The van der Waals surface area contributed by atoms with E-state index in [9.17, 15) is 4.39 Å². The Morgan fingerprint density at radius 3 is 2.70 bits per heavy atom. The number of fused-ring (bicyclic) bond motifs is 1. The summed E-state index contributed by atoms with van der Waals surface area (Å²) in [7, 11) is 3.45. The minimum Gasteiger partial charge on any atom is -0.493 e. The van der Waals surface area contributed by atoms with Gasteiger partial charge in [-0.2, -0.15) is 0 Å². The molecule has 0 spiro atoms. The summed E-state index contributed by atoms with van der Waals surface area (Å²) in [6, 6.07) is 9.76. The molecule has 2 aromatic carbocycles. The number of aromatic nitrogens is 4. The van der Waals surface area contributed by atoms with Crippen molar-refractivity contribution in [1.29, 1.82) is 0 Å². The Labute approximate surface area is 195 Å². The smallest absolute Gasteiger partial charge is 0.225 e. The van der Waals surface area contributed by atoms with Crippen LogP contribution in [0.3, 0.4) is 0 Å². The third kappa shape index (κ3) is 5.20. The molecule has 0 saturated carbocycles. The number of nitrogens with zero attached hydrogens (tertiary/aromatic N) is 5. The number of rotatable bonds is 8. The number of benzene rings is 2. The highest BCUT2D eigenvalue weighted by Crippen LogP contribution is 2.35. The van der Waals surface area contributed by atoms with Gasteiger partial charge in [0, 0.05) is 35.4 Å². The normalized spacial score (nSPS) is 10.8. The van der Waals surface area contributed by atoms with Crippen LogP contribution in [0.25, 0.3) is 10.9 Å². The highest BCUT2D eigenvalue weighted by Gasteiger charge is 2.14. The van der Waals surface area contributed by atoms with Crippen molar-refractivity contribution in [3.63, 3.8) is 0 Å². The van der Waals surface area contributed by atoms with Gasteiger partial charge in [-0.05, 0) is 37.3 Å². The molecule has 4 rings (SSSR count). The van der Waals surface area contributed by atoms with Crippen LogP contribution >= 0.6 is 11.6 Å². The molecule has 0 fully saturated rings. The lowest BCUT2D eigenvalue weighted by atomic mass is 10.2. The summed E-state index contributed by atoms with van der Waals surface area (Å²) in [5, 5.41) is 3.96. The van der Waals surface area contributed by atoms with Gasteiger partial charge in [0.2, 0.25) is 5.95 Å². The van der Waals surface area contributed by atoms with Crippen LogP contribution in [-0.4, -0.2) is 47.2 Å². The Balaban J connectivity index is 1.54. The Morgan fingerprint density at radius 2 is 1.94 bits per heavy atom. The number of hydrogen-bond donors (Lipinski definition) is 1. The fraction of sp³-hybridized carbons (Fsp3) is 0.217. The molecule has 0 aliphatic rings. The molecule has 0 atom stereocenters. The van der Waals surface area contributed by atoms with Crippen molar-refractivity contribution < 1.29 is 13.9 Å². The van der Waals surface area contributed by atoms with E-state index < -0.39 is 5.82 Å². The molecule has 10 heteroatoms. The van der Waals surface area contributed by atoms with Crippen LogP contribution in [0.2, 0.25) is 5.02 Å². The van der Waals surface area contributed by atoms with Crippen molar-refractivity contribution >= 4 is 40.0 Å². The minimum atomic E-state index is -0.483. The summed E-state index contributed by atoms with van der Waals surface area (Å²) < 4.78 is 25.7. The van der Waals surface area contributed by atoms with E-state index in [4.69, 9.17) is 21.1 Å². The Bertz CT molecular complexity index is 1290. The van der Waals surface area contributed by atoms with Gasteiger partial charge in [-0.1, -0.05) is 11.6 Å². The summed E-state index contributed by atoms with van der Waals surface area (Å²) in [4.78, 5) is 19.2. The van der Waals surface area contributed by atoms with Gasteiger partial charge >= 0.3 is 0 Å². The van der Waals surface area contributed by atoms with Crippen molar-refractivity contribution in [3.8, 4) is 11.5 Å². The molecule has 0 radical (unpaired) electrons. The molecule has 8 nitrogen and oxygen atoms in total. The molecule has 2 aromatic heterocycles. The van der Waals surface area contributed by atoms with Gasteiger partial charge in [0.25, 0.3) is 0 Å². The van der Waals surface area contributed by atoms with Gasteiger partial charge in [-0.25, -0.2) is 24.3 Å².